The van der Waals surface area contributed by atoms with Gasteiger partial charge in [0.25, 0.3) is 0 Å². The molecule has 18 heavy (non-hydrogen) atoms. The van der Waals surface area contributed by atoms with Gasteiger partial charge in [-0.2, -0.15) is 0 Å². The molecule has 0 aliphatic rings. The summed E-state index contributed by atoms with van der Waals surface area (Å²) in [5.41, 5.74) is 2.28. The van der Waals surface area contributed by atoms with Gasteiger partial charge >= 0.3 is 5.97 Å². The van der Waals surface area contributed by atoms with Crippen LogP contribution < -0.4 is 0 Å². The fourth-order valence-corrected chi connectivity index (χ4v) is 1.85. The van der Waals surface area contributed by atoms with Crippen LogP contribution in [-0.2, 0) is 11.3 Å². The summed E-state index contributed by atoms with van der Waals surface area (Å²) in [5.74, 6) is 0.407. The second-order valence-electron chi connectivity index (χ2n) is 4.13. The highest BCUT2D eigenvalue weighted by molar-refractivity contribution is 5.89. The minimum absolute atomic E-state index is 0.309. The molecule has 0 spiro atoms. The van der Waals surface area contributed by atoms with Crippen molar-refractivity contribution in [2.75, 3.05) is 6.61 Å². The van der Waals surface area contributed by atoms with Gasteiger partial charge in [-0.3, -0.25) is 0 Å². The number of carbonyl (C=O) groups is 1. The lowest BCUT2D eigenvalue weighted by molar-refractivity contribution is 0.0513. The van der Waals surface area contributed by atoms with E-state index in [1.807, 2.05) is 36.7 Å². The van der Waals surface area contributed by atoms with E-state index >= 15 is 0 Å². The lowest BCUT2D eigenvalue weighted by Crippen LogP contribution is -2.13. The number of rotatable bonds is 4. The van der Waals surface area contributed by atoms with Crippen molar-refractivity contribution < 1.29 is 14.1 Å². The van der Waals surface area contributed by atoms with Crippen molar-refractivity contribution in [3.05, 3.63) is 41.0 Å². The quantitative estimate of drug-likeness (QED) is 0.779. The van der Waals surface area contributed by atoms with Gasteiger partial charge in [-0.1, -0.05) is 5.16 Å². The lowest BCUT2D eigenvalue weighted by atomic mass is 10.2. The smallest absolute Gasteiger partial charge is 0.355 e. The van der Waals surface area contributed by atoms with E-state index in [1.165, 1.54) is 0 Å². The third-order valence-electron chi connectivity index (χ3n) is 2.64. The molecule has 0 saturated carbocycles. The minimum atomic E-state index is -0.309. The number of aryl methyl sites for hydroxylation is 2. The van der Waals surface area contributed by atoms with Crippen molar-refractivity contribution in [3.8, 4) is 0 Å². The minimum Gasteiger partial charge on any atom is -0.461 e. The second-order valence-corrected chi connectivity index (χ2v) is 4.13. The Balaban J connectivity index is 2.26. The third-order valence-corrected chi connectivity index (χ3v) is 2.64. The van der Waals surface area contributed by atoms with Crippen LogP contribution in [0.2, 0.25) is 0 Å². The Morgan fingerprint density at radius 2 is 2.28 bits per heavy atom. The van der Waals surface area contributed by atoms with Gasteiger partial charge in [-0.25, -0.2) is 4.79 Å². The van der Waals surface area contributed by atoms with E-state index in [4.69, 9.17) is 9.26 Å². The fraction of sp³-hybridized carbons (Fsp3) is 0.385. The molecule has 0 aliphatic heterocycles. The first-order valence-corrected chi connectivity index (χ1v) is 5.87. The standard InChI is InChI=1S/C13H16N2O3/c1-4-17-13(16)12-9(2)5-6-15(12)8-11-7-10(3)14-18-11/h5-7H,4,8H2,1-3H3. The molecule has 0 fully saturated rings. The molecule has 0 unspecified atom stereocenters. The summed E-state index contributed by atoms with van der Waals surface area (Å²) >= 11 is 0. The monoisotopic (exact) mass is 248 g/mol. The van der Waals surface area contributed by atoms with Gasteiger partial charge in [0.15, 0.2) is 5.76 Å². The van der Waals surface area contributed by atoms with E-state index in [-0.39, 0.29) is 5.97 Å². The molecule has 0 aromatic carbocycles. The molecular weight excluding hydrogens is 232 g/mol. The number of nitrogens with zero attached hydrogens (tertiary/aromatic N) is 2. The Bertz CT molecular complexity index is 554. The SMILES string of the molecule is CCOC(=O)c1c(C)ccn1Cc1cc(C)no1. The predicted molar refractivity (Wildman–Crippen MR) is 65.5 cm³/mol. The summed E-state index contributed by atoms with van der Waals surface area (Å²) in [5, 5.41) is 3.83. The molecule has 0 atom stereocenters. The summed E-state index contributed by atoms with van der Waals surface area (Å²) in [6.07, 6.45) is 1.85. The topological polar surface area (TPSA) is 57.3 Å². The molecule has 2 aromatic heterocycles. The number of hydrogen-bond acceptors (Lipinski definition) is 4. The molecule has 2 heterocycles. The summed E-state index contributed by atoms with van der Waals surface area (Å²) in [6, 6.07) is 3.74. The number of carbonyl (C=O) groups excluding carboxylic acids is 1. The number of ether oxygens (including phenoxy) is 1. The summed E-state index contributed by atoms with van der Waals surface area (Å²) in [7, 11) is 0. The Hall–Kier alpha value is -2.04. The fourth-order valence-electron chi connectivity index (χ4n) is 1.85. The normalized spacial score (nSPS) is 10.6. The van der Waals surface area contributed by atoms with E-state index in [1.54, 1.807) is 6.92 Å². The van der Waals surface area contributed by atoms with Crippen LogP contribution in [0.25, 0.3) is 0 Å². The Morgan fingerprint density at radius 3 is 2.89 bits per heavy atom. The van der Waals surface area contributed by atoms with Crippen LogP contribution in [0.1, 0.15) is 34.4 Å². The molecule has 5 nitrogen and oxygen atoms in total. The maximum atomic E-state index is 11.9. The largest absolute Gasteiger partial charge is 0.461 e. The van der Waals surface area contributed by atoms with Crippen LogP contribution in [0.3, 0.4) is 0 Å². The van der Waals surface area contributed by atoms with Crippen LogP contribution in [-0.4, -0.2) is 22.3 Å². The van der Waals surface area contributed by atoms with Crippen LogP contribution in [0, 0.1) is 13.8 Å². The maximum Gasteiger partial charge on any atom is 0.355 e. The predicted octanol–water partition coefficient (Wildman–Crippen LogP) is 2.32. The molecule has 5 heteroatoms. The van der Waals surface area contributed by atoms with Crippen molar-refractivity contribution in [2.24, 2.45) is 0 Å². The van der Waals surface area contributed by atoms with Crippen molar-refractivity contribution in [2.45, 2.75) is 27.3 Å². The summed E-state index contributed by atoms with van der Waals surface area (Å²) in [4.78, 5) is 11.9. The lowest BCUT2D eigenvalue weighted by Gasteiger charge is -2.07. The van der Waals surface area contributed by atoms with E-state index in [0.29, 0.717) is 24.6 Å². The third kappa shape index (κ3) is 2.45. The van der Waals surface area contributed by atoms with Crippen molar-refractivity contribution in [1.29, 1.82) is 0 Å². The average molecular weight is 248 g/mol. The van der Waals surface area contributed by atoms with Gasteiger partial charge in [0.2, 0.25) is 0 Å². The zero-order chi connectivity index (χ0) is 13.1. The van der Waals surface area contributed by atoms with Crippen molar-refractivity contribution >= 4 is 5.97 Å². The molecule has 2 rings (SSSR count). The van der Waals surface area contributed by atoms with Gasteiger partial charge in [-0.15, -0.1) is 0 Å². The number of esters is 1. The molecule has 96 valence electrons. The molecular formula is C13H16N2O3. The first kappa shape index (κ1) is 12.4. The Labute approximate surface area is 105 Å². The first-order chi connectivity index (χ1) is 8.61. The van der Waals surface area contributed by atoms with Crippen LogP contribution in [0.15, 0.2) is 22.9 Å². The van der Waals surface area contributed by atoms with Crippen LogP contribution in [0.5, 0.6) is 0 Å². The Morgan fingerprint density at radius 1 is 1.50 bits per heavy atom. The van der Waals surface area contributed by atoms with E-state index < -0.39 is 0 Å². The van der Waals surface area contributed by atoms with Crippen LogP contribution in [0.4, 0.5) is 0 Å². The Kier molecular flexibility index (Phi) is 3.50. The molecule has 0 amide bonds. The van der Waals surface area contributed by atoms with Gasteiger partial charge < -0.3 is 13.8 Å². The van der Waals surface area contributed by atoms with Crippen molar-refractivity contribution in [3.63, 3.8) is 0 Å². The summed E-state index contributed by atoms with van der Waals surface area (Å²) in [6.45, 7) is 6.38. The van der Waals surface area contributed by atoms with Gasteiger partial charge in [0.1, 0.15) is 5.69 Å². The summed E-state index contributed by atoms with van der Waals surface area (Å²) < 4.78 is 12.0. The number of aromatic nitrogens is 2. The molecule has 0 radical (unpaired) electrons. The van der Waals surface area contributed by atoms with E-state index in [9.17, 15) is 4.79 Å². The van der Waals surface area contributed by atoms with E-state index in [0.717, 1.165) is 11.3 Å². The van der Waals surface area contributed by atoms with Crippen molar-refractivity contribution in [1.82, 2.24) is 9.72 Å². The van der Waals surface area contributed by atoms with Gasteiger partial charge in [0.05, 0.1) is 18.8 Å². The highest BCUT2D eigenvalue weighted by Crippen LogP contribution is 2.14. The van der Waals surface area contributed by atoms with Gasteiger partial charge in [0, 0.05) is 12.3 Å². The molecule has 0 saturated heterocycles. The molecule has 0 N–H and O–H groups in total. The second kappa shape index (κ2) is 5.08. The number of hydrogen-bond donors (Lipinski definition) is 0. The highest BCUT2D eigenvalue weighted by Gasteiger charge is 2.16. The molecule has 2 aromatic rings. The van der Waals surface area contributed by atoms with Crippen LogP contribution >= 0.6 is 0 Å². The zero-order valence-corrected chi connectivity index (χ0v) is 10.8. The highest BCUT2D eigenvalue weighted by atomic mass is 16.5. The maximum absolute atomic E-state index is 11.9. The molecule has 0 bridgehead atoms. The average Bonchev–Trinajstić information content (AvgIpc) is 2.87. The zero-order valence-electron chi connectivity index (χ0n) is 10.8. The van der Waals surface area contributed by atoms with E-state index in [2.05, 4.69) is 5.16 Å². The van der Waals surface area contributed by atoms with Gasteiger partial charge in [-0.05, 0) is 32.4 Å². The first-order valence-electron chi connectivity index (χ1n) is 5.87. The molecule has 0 aliphatic carbocycles.